The second-order valence-corrected chi connectivity index (χ2v) is 7.72. The maximum atomic E-state index is 14.3. The van der Waals surface area contributed by atoms with Crippen molar-refractivity contribution in [3.8, 4) is 28.4 Å². The van der Waals surface area contributed by atoms with Crippen molar-refractivity contribution in [3.63, 3.8) is 0 Å². The van der Waals surface area contributed by atoms with Gasteiger partial charge in [-0.2, -0.15) is 18.3 Å². The fourth-order valence-electron chi connectivity index (χ4n) is 3.91. The number of rotatable bonds is 5. The van der Waals surface area contributed by atoms with Crippen molar-refractivity contribution in [2.24, 2.45) is 0 Å². The number of aromatic nitrogens is 3. The fourth-order valence-corrected chi connectivity index (χ4v) is 3.91. The lowest BCUT2D eigenvalue weighted by Gasteiger charge is -2.14. The van der Waals surface area contributed by atoms with Crippen molar-refractivity contribution in [1.29, 1.82) is 0 Å². The summed E-state index contributed by atoms with van der Waals surface area (Å²) in [5, 5.41) is 4.67. The zero-order valence-electron chi connectivity index (χ0n) is 17.5. The molecule has 2 heterocycles. The maximum absolute atomic E-state index is 14.3. The summed E-state index contributed by atoms with van der Waals surface area (Å²) in [5.74, 6) is 0.910. The van der Waals surface area contributed by atoms with Gasteiger partial charge in [-0.05, 0) is 49.2 Å². The summed E-state index contributed by atoms with van der Waals surface area (Å²) in [6.07, 6.45) is -2.93. The zero-order valence-corrected chi connectivity index (χ0v) is 17.5. The molecule has 1 saturated carbocycles. The summed E-state index contributed by atoms with van der Waals surface area (Å²) in [5.41, 5.74) is 1.08. The lowest BCUT2D eigenvalue weighted by Crippen LogP contribution is -2.08. The Hall–Kier alpha value is -3.55. The third kappa shape index (κ3) is 3.45. The summed E-state index contributed by atoms with van der Waals surface area (Å²) in [4.78, 5) is 4.68. The van der Waals surface area contributed by atoms with Gasteiger partial charge in [0.15, 0.2) is 5.65 Å². The second kappa shape index (κ2) is 7.55. The number of para-hydroxylation sites is 1. The van der Waals surface area contributed by atoms with Crippen LogP contribution in [0.2, 0.25) is 0 Å². The van der Waals surface area contributed by atoms with E-state index < -0.39 is 11.7 Å². The minimum Gasteiger partial charge on any atom is -0.497 e. The Bertz CT molecular complexity index is 1300. The molecule has 8 heteroatoms. The fraction of sp³-hybridized carbons (Fsp3) is 0.250. The maximum Gasteiger partial charge on any atom is 0.417 e. The highest BCUT2D eigenvalue weighted by Crippen LogP contribution is 2.47. The van der Waals surface area contributed by atoms with Crippen molar-refractivity contribution in [1.82, 2.24) is 14.8 Å². The van der Waals surface area contributed by atoms with Crippen LogP contribution in [-0.4, -0.2) is 29.0 Å². The zero-order chi connectivity index (χ0) is 22.5. The van der Waals surface area contributed by atoms with Crippen LogP contribution in [0.15, 0.2) is 54.6 Å². The first-order valence-electron chi connectivity index (χ1n) is 10.2. The Morgan fingerprint density at radius 1 is 0.969 bits per heavy atom. The van der Waals surface area contributed by atoms with E-state index in [-0.39, 0.29) is 22.6 Å². The van der Waals surface area contributed by atoms with Gasteiger partial charge in [0.05, 0.1) is 42.2 Å². The van der Waals surface area contributed by atoms with Crippen LogP contribution in [0, 0.1) is 0 Å². The minimum absolute atomic E-state index is 0.0163. The Kier molecular flexibility index (Phi) is 4.80. The molecule has 1 aliphatic carbocycles. The van der Waals surface area contributed by atoms with E-state index in [4.69, 9.17) is 9.47 Å². The molecule has 0 amide bonds. The first-order valence-corrected chi connectivity index (χ1v) is 10.2. The molecule has 0 bridgehead atoms. The first kappa shape index (κ1) is 20.4. The Morgan fingerprint density at radius 2 is 1.72 bits per heavy atom. The number of halogens is 3. The number of benzene rings is 2. The van der Waals surface area contributed by atoms with E-state index >= 15 is 0 Å². The van der Waals surface area contributed by atoms with E-state index in [1.54, 1.807) is 30.3 Å². The van der Waals surface area contributed by atoms with Crippen molar-refractivity contribution >= 4 is 11.0 Å². The highest BCUT2D eigenvalue weighted by Gasteiger charge is 2.39. The highest BCUT2D eigenvalue weighted by molar-refractivity contribution is 5.88. The number of nitrogens with zero attached hydrogens (tertiary/aromatic N) is 3. The topological polar surface area (TPSA) is 49.2 Å². The Labute approximate surface area is 182 Å². The number of hydrogen-bond donors (Lipinski definition) is 0. The van der Waals surface area contributed by atoms with E-state index in [9.17, 15) is 13.2 Å². The number of alkyl halides is 3. The standard InChI is InChI=1S/C24H20F3N3O2/c1-31-16-10-11-20(32-2)17(12-16)19-13-18(24(25,26)27)21-22(14-8-9-14)29-30(23(21)28-19)15-6-4-3-5-7-15/h3-7,10-14H,8-9H2,1-2H3. The Balaban J connectivity index is 1.86. The quantitative estimate of drug-likeness (QED) is 0.383. The van der Waals surface area contributed by atoms with Crippen LogP contribution >= 0.6 is 0 Å². The minimum atomic E-state index is -4.57. The molecule has 0 unspecified atom stereocenters. The predicted molar refractivity (Wildman–Crippen MR) is 114 cm³/mol. The van der Waals surface area contributed by atoms with Crippen molar-refractivity contribution in [2.75, 3.05) is 14.2 Å². The second-order valence-electron chi connectivity index (χ2n) is 7.72. The average molecular weight is 439 g/mol. The van der Waals surface area contributed by atoms with Gasteiger partial charge in [-0.3, -0.25) is 0 Å². The van der Waals surface area contributed by atoms with Gasteiger partial charge in [0.1, 0.15) is 11.5 Å². The molecule has 0 spiro atoms. The normalized spacial score (nSPS) is 14.0. The summed E-state index contributed by atoms with van der Waals surface area (Å²) < 4.78 is 55.1. The van der Waals surface area contributed by atoms with Gasteiger partial charge in [-0.25, -0.2) is 9.67 Å². The summed E-state index contributed by atoms with van der Waals surface area (Å²) in [6, 6.07) is 15.1. The van der Waals surface area contributed by atoms with Gasteiger partial charge in [0.2, 0.25) is 0 Å². The van der Waals surface area contributed by atoms with Crippen molar-refractivity contribution < 1.29 is 22.6 Å². The van der Waals surface area contributed by atoms with Crippen LogP contribution in [0.1, 0.15) is 30.0 Å². The van der Waals surface area contributed by atoms with Gasteiger partial charge in [0, 0.05) is 11.5 Å². The average Bonchev–Trinajstić information content (AvgIpc) is 3.58. The monoisotopic (exact) mass is 439 g/mol. The third-order valence-corrected chi connectivity index (χ3v) is 5.62. The number of hydrogen-bond acceptors (Lipinski definition) is 4. The molecule has 0 atom stereocenters. The number of methoxy groups -OCH3 is 2. The molecule has 0 saturated heterocycles. The van der Waals surface area contributed by atoms with Crippen molar-refractivity contribution in [3.05, 3.63) is 65.9 Å². The van der Waals surface area contributed by atoms with E-state index in [2.05, 4.69) is 10.1 Å². The van der Waals surface area contributed by atoms with Gasteiger partial charge >= 0.3 is 6.18 Å². The van der Waals surface area contributed by atoms with Crippen LogP contribution in [0.25, 0.3) is 28.0 Å². The molecule has 1 aliphatic rings. The largest absolute Gasteiger partial charge is 0.497 e. The van der Waals surface area contributed by atoms with E-state index in [0.29, 0.717) is 28.4 Å². The smallest absolute Gasteiger partial charge is 0.417 e. The molecule has 164 valence electrons. The summed E-state index contributed by atoms with van der Waals surface area (Å²) in [7, 11) is 2.96. The SMILES string of the molecule is COc1ccc(OC)c(-c2cc(C(F)(F)F)c3c(C4CC4)nn(-c4ccccc4)c3n2)c1. The molecule has 5 rings (SSSR count). The van der Waals surface area contributed by atoms with Gasteiger partial charge in [0.25, 0.3) is 0 Å². The number of pyridine rings is 1. The van der Waals surface area contributed by atoms with Crippen molar-refractivity contribution in [2.45, 2.75) is 24.9 Å². The van der Waals surface area contributed by atoms with Crippen LogP contribution in [-0.2, 0) is 6.18 Å². The van der Waals surface area contributed by atoms with E-state index in [1.807, 2.05) is 18.2 Å². The van der Waals surface area contributed by atoms with Gasteiger partial charge < -0.3 is 9.47 Å². The number of ether oxygens (including phenoxy) is 2. The molecule has 0 radical (unpaired) electrons. The first-order chi connectivity index (χ1) is 15.4. The van der Waals surface area contributed by atoms with E-state index in [1.165, 1.54) is 18.9 Å². The summed E-state index contributed by atoms with van der Waals surface area (Å²) >= 11 is 0. The lowest BCUT2D eigenvalue weighted by atomic mass is 10.0. The molecule has 32 heavy (non-hydrogen) atoms. The molecule has 4 aromatic rings. The lowest BCUT2D eigenvalue weighted by molar-refractivity contribution is -0.136. The third-order valence-electron chi connectivity index (χ3n) is 5.62. The van der Waals surface area contributed by atoms with Crippen LogP contribution in [0.3, 0.4) is 0 Å². The molecular weight excluding hydrogens is 419 g/mol. The van der Waals surface area contributed by atoms with Crippen LogP contribution in [0.5, 0.6) is 11.5 Å². The molecule has 2 aromatic heterocycles. The van der Waals surface area contributed by atoms with Gasteiger partial charge in [-0.1, -0.05) is 18.2 Å². The van der Waals surface area contributed by atoms with Crippen LogP contribution in [0.4, 0.5) is 13.2 Å². The molecule has 1 fully saturated rings. The molecule has 0 N–H and O–H groups in total. The number of fused-ring (bicyclic) bond motifs is 1. The van der Waals surface area contributed by atoms with E-state index in [0.717, 1.165) is 18.9 Å². The van der Waals surface area contributed by atoms with Gasteiger partial charge in [-0.15, -0.1) is 0 Å². The van der Waals surface area contributed by atoms with Crippen LogP contribution < -0.4 is 9.47 Å². The molecule has 2 aromatic carbocycles. The molecular formula is C24H20F3N3O2. The summed E-state index contributed by atoms with van der Waals surface area (Å²) in [6.45, 7) is 0. The molecule has 5 nitrogen and oxygen atoms in total. The predicted octanol–water partition coefficient (Wildman–Crippen LogP) is 6.00. The highest BCUT2D eigenvalue weighted by atomic mass is 19.4. The Morgan fingerprint density at radius 3 is 2.34 bits per heavy atom. The molecule has 0 aliphatic heterocycles.